The van der Waals surface area contributed by atoms with Gasteiger partial charge < -0.3 is 42.6 Å². The lowest BCUT2D eigenvalue weighted by Gasteiger charge is -2.30. The van der Waals surface area contributed by atoms with Crippen LogP contribution >= 0.6 is 0 Å². The van der Waals surface area contributed by atoms with E-state index < -0.39 is 63.5 Å². The van der Waals surface area contributed by atoms with Crippen molar-refractivity contribution in [3.05, 3.63) is 177 Å². The Kier molecular flexibility index (Phi) is 23.5. The molecule has 9 fully saturated rings. The molecule has 6 aromatic carbocycles. The molecule has 123 heavy (non-hydrogen) atoms. The van der Waals surface area contributed by atoms with Crippen LogP contribution in [-0.4, -0.2) is 184 Å². The molecule has 3 aromatic heterocycles. The molecule has 3 N–H and O–H groups in total. The van der Waals surface area contributed by atoms with Gasteiger partial charge in [-0.25, -0.2) is 39.4 Å². The number of nitrogens with one attached hydrogen (secondary N) is 3. The summed E-state index contributed by atoms with van der Waals surface area (Å²) < 4.78 is 106. The van der Waals surface area contributed by atoms with Gasteiger partial charge in [0.15, 0.2) is 0 Å². The van der Waals surface area contributed by atoms with Gasteiger partial charge in [0.25, 0.3) is 17.7 Å². The van der Waals surface area contributed by atoms with Gasteiger partial charge in [-0.15, -0.1) is 0 Å². The van der Waals surface area contributed by atoms with Gasteiger partial charge in [-0.2, -0.15) is 0 Å². The first-order valence-corrected chi connectivity index (χ1v) is 49.9. The number of fused-ring (bicyclic) bond motifs is 15. The normalized spacial score (nSPS) is 21.7. The van der Waals surface area contributed by atoms with E-state index in [2.05, 4.69) is 101 Å². The Morgan fingerprint density at radius 2 is 0.561 bits per heavy atom. The van der Waals surface area contributed by atoms with Crippen molar-refractivity contribution in [1.29, 1.82) is 0 Å². The van der Waals surface area contributed by atoms with Gasteiger partial charge in [-0.05, 0) is 184 Å². The summed E-state index contributed by atoms with van der Waals surface area (Å²) in [5, 5.41) is 1.89. The predicted molar refractivity (Wildman–Crippen MR) is 472 cm³/mol. The fraction of sp³-hybridized carbons (Fsp3) is 0.500. The molecule has 27 heteroatoms. The van der Waals surface area contributed by atoms with Gasteiger partial charge in [-0.3, -0.25) is 28.8 Å². The minimum Gasteiger partial charge on any atom is -0.378 e. The SMILES string of the molecule is O=C(NS(=O)(=O)C1CC1)c1ccc2c(C3CCCCC3)c3n(c2c1)CC(C(=O)N1CCOCC1)Cc1ccccc1-3.O=C(NS(=O)(=O)C1CC1)c1ccc2c(C3CCCCC3)c3n(c2c1)CC(C(=O)N1CCOCC1)Cc1ccccc1-3.O=C(NS(=O)(=O)C1CC1)c1ccc2c(C3CCCCC3)c3n(c2c1)CC(C(=O)N1CCOCC1)Cc1ccccc1-3. The van der Waals surface area contributed by atoms with Gasteiger partial charge in [-0.1, -0.05) is 149 Å². The molecule has 9 heterocycles. The molecule has 3 unspecified atom stereocenters. The maximum atomic E-state index is 13.9. The standard InChI is InChI=1S/3C32H37N3O5S/c3*36-31(33-41(38,39)25-11-12-25)23-10-13-27-28(19-23)35-20-24(32(37)34-14-16-40-17-15-34)18-22-8-4-5-9-26(22)30(35)29(27)21-6-2-1-3-7-21/h3*4-5,8-10,13,19,21,24-25H,1-3,6-7,11-12,14-18,20H2,(H,33,36). The molecule has 648 valence electrons. The van der Waals surface area contributed by atoms with Crippen LogP contribution in [0.3, 0.4) is 0 Å². The number of benzene rings is 6. The van der Waals surface area contributed by atoms with Crippen LogP contribution in [0.1, 0.15) is 217 Å². The Balaban J connectivity index is 0.000000121. The zero-order valence-electron chi connectivity index (χ0n) is 69.9. The minimum absolute atomic E-state index is 0.140. The van der Waals surface area contributed by atoms with Crippen molar-refractivity contribution in [3.8, 4) is 33.8 Å². The highest BCUT2D eigenvalue weighted by Crippen LogP contribution is 2.52. The fourth-order valence-corrected chi connectivity index (χ4v) is 25.3. The summed E-state index contributed by atoms with van der Waals surface area (Å²) in [6.45, 7) is 8.47. The molecule has 3 saturated heterocycles. The highest BCUT2D eigenvalue weighted by atomic mass is 32.2. The number of hydrogen-bond acceptors (Lipinski definition) is 15. The van der Waals surface area contributed by atoms with Crippen molar-refractivity contribution in [2.24, 2.45) is 17.8 Å². The number of aromatic nitrogens is 3. The highest BCUT2D eigenvalue weighted by Gasteiger charge is 2.44. The Bertz CT molecular complexity index is 5410. The summed E-state index contributed by atoms with van der Waals surface area (Å²) in [6.07, 6.45) is 23.1. The molecule has 21 rings (SSSR count). The van der Waals surface area contributed by atoms with Gasteiger partial charge in [0, 0.05) is 125 Å². The predicted octanol–water partition coefficient (Wildman–Crippen LogP) is 13.8. The van der Waals surface area contributed by atoms with E-state index in [1.54, 1.807) is 18.2 Å². The minimum atomic E-state index is -3.66. The number of rotatable bonds is 15. The van der Waals surface area contributed by atoms with E-state index >= 15 is 0 Å². The topological polar surface area (TPSA) is 293 Å². The fourth-order valence-electron chi connectivity index (χ4n) is 21.4. The number of carbonyl (C=O) groups is 6. The van der Waals surface area contributed by atoms with E-state index in [0.717, 1.165) is 105 Å². The number of ether oxygens (including phenoxy) is 3. The molecular formula is C96H111N9O15S3. The number of carbonyl (C=O) groups excluding carboxylic acids is 6. The first-order valence-electron chi connectivity index (χ1n) is 45.2. The molecule has 9 aromatic rings. The summed E-state index contributed by atoms with van der Waals surface area (Å²) >= 11 is 0. The number of nitrogens with zero attached hydrogens (tertiary/aromatic N) is 6. The number of sulfonamides is 3. The smallest absolute Gasteiger partial charge is 0.264 e. The van der Waals surface area contributed by atoms with Crippen LogP contribution in [0, 0.1) is 17.8 Å². The molecule has 3 atom stereocenters. The van der Waals surface area contributed by atoms with Crippen molar-refractivity contribution in [2.45, 2.75) is 207 Å². The van der Waals surface area contributed by atoms with Gasteiger partial charge >= 0.3 is 0 Å². The van der Waals surface area contributed by atoms with E-state index in [9.17, 15) is 54.0 Å². The quantitative estimate of drug-likeness (QED) is 0.0859. The van der Waals surface area contributed by atoms with E-state index in [1.165, 1.54) is 91.2 Å². The second kappa shape index (κ2) is 34.8. The molecule has 6 aliphatic carbocycles. The van der Waals surface area contributed by atoms with E-state index in [0.29, 0.717) is 191 Å². The zero-order chi connectivity index (χ0) is 84.4. The summed E-state index contributed by atoms with van der Waals surface area (Å²) in [5.74, 6) is -0.917. The van der Waals surface area contributed by atoms with Gasteiger partial charge in [0.2, 0.25) is 47.8 Å². The van der Waals surface area contributed by atoms with Gasteiger partial charge in [0.1, 0.15) is 0 Å². The van der Waals surface area contributed by atoms with Crippen molar-refractivity contribution in [2.75, 3.05) is 78.9 Å². The third-order valence-electron chi connectivity index (χ3n) is 28.2. The Hall–Kier alpha value is -9.51. The average molecular weight is 1730 g/mol. The highest BCUT2D eigenvalue weighted by molar-refractivity contribution is 7.91. The summed E-state index contributed by atoms with van der Waals surface area (Å²) in [6, 6.07) is 42.1. The molecule has 6 aliphatic heterocycles. The Morgan fingerprint density at radius 1 is 0.309 bits per heavy atom. The van der Waals surface area contributed by atoms with Crippen LogP contribution in [0.25, 0.3) is 66.5 Å². The van der Waals surface area contributed by atoms with Crippen molar-refractivity contribution in [3.63, 3.8) is 0 Å². The summed E-state index contributed by atoms with van der Waals surface area (Å²) in [7, 11) is -11.0. The molecular weight excluding hydrogens is 1620 g/mol. The van der Waals surface area contributed by atoms with Crippen LogP contribution in [0.2, 0.25) is 0 Å². The first kappa shape index (κ1) is 83.1. The van der Waals surface area contributed by atoms with Gasteiger partial charge in [0.05, 0.1) is 90.2 Å². The number of hydrogen-bond donors (Lipinski definition) is 3. The lowest BCUT2D eigenvalue weighted by molar-refractivity contribution is -0.140. The van der Waals surface area contributed by atoms with Crippen LogP contribution in [0.15, 0.2) is 127 Å². The second-order valence-corrected chi connectivity index (χ2v) is 42.2. The summed E-state index contributed by atoms with van der Waals surface area (Å²) in [4.78, 5) is 87.0. The third kappa shape index (κ3) is 17.0. The maximum Gasteiger partial charge on any atom is 0.264 e. The van der Waals surface area contributed by atoms with Crippen molar-refractivity contribution in [1.82, 2.24) is 42.6 Å². The number of amides is 6. The largest absolute Gasteiger partial charge is 0.378 e. The van der Waals surface area contributed by atoms with Crippen LogP contribution in [0.4, 0.5) is 0 Å². The van der Waals surface area contributed by atoms with Crippen LogP contribution < -0.4 is 14.2 Å². The van der Waals surface area contributed by atoms with Crippen LogP contribution in [0.5, 0.6) is 0 Å². The first-order chi connectivity index (χ1) is 59.7. The van der Waals surface area contributed by atoms with Crippen molar-refractivity contribution >= 4 is 98.2 Å². The van der Waals surface area contributed by atoms with Crippen molar-refractivity contribution < 1.29 is 68.2 Å². The lowest BCUT2D eigenvalue weighted by Crippen LogP contribution is -2.45. The Morgan fingerprint density at radius 3 is 0.813 bits per heavy atom. The summed E-state index contributed by atoms with van der Waals surface area (Å²) in [5.41, 5.74) is 18.0. The maximum absolute atomic E-state index is 13.9. The number of morpholine rings is 3. The molecule has 6 amide bonds. The van der Waals surface area contributed by atoms with Crippen LogP contribution in [-0.2, 0) is 97.6 Å². The molecule has 12 aliphatic rings. The third-order valence-corrected chi connectivity index (χ3v) is 33.6. The Labute approximate surface area is 719 Å². The molecule has 6 saturated carbocycles. The molecule has 0 radical (unpaired) electrons. The molecule has 24 nitrogen and oxygen atoms in total. The van der Waals surface area contributed by atoms with E-state index in [1.807, 2.05) is 51.1 Å². The van der Waals surface area contributed by atoms with E-state index in [4.69, 9.17) is 14.2 Å². The average Bonchev–Trinajstić information content (AvgIpc) is 1.58. The van der Waals surface area contributed by atoms with E-state index in [-0.39, 0.29) is 35.5 Å². The zero-order valence-corrected chi connectivity index (χ0v) is 72.4. The second-order valence-electron chi connectivity index (χ2n) is 36.3. The monoisotopic (exact) mass is 1730 g/mol. The molecule has 0 bridgehead atoms. The molecule has 0 spiro atoms. The lowest BCUT2D eigenvalue weighted by atomic mass is 9.81.